The first-order valence-electron chi connectivity index (χ1n) is 7.55. The summed E-state index contributed by atoms with van der Waals surface area (Å²) < 4.78 is 2.14. The van der Waals surface area contributed by atoms with Crippen LogP contribution >= 0.6 is 0 Å². The Hall–Kier alpha value is -2.79. The molecule has 0 fully saturated rings. The molecule has 0 bridgehead atoms. The molecule has 108 valence electrons. The van der Waals surface area contributed by atoms with Crippen molar-refractivity contribution in [3.63, 3.8) is 0 Å². The summed E-state index contributed by atoms with van der Waals surface area (Å²) >= 11 is 0. The molecule has 2 nitrogen and oxygen atoms in total. The number of hydrogen-bond donors (Lipinski definition) is 0. The number of aromatic nitrogens is 1. The lowest BCUT2D eigenvalue weighted by molar-refractivity contribution is 0.741. The predicted molar refractivity (Wildman–Crippen MR) is 89.5 cm³/mol. The maximum absolute atomic E-state index is 9.68. The largest absolute Gasteiger partial charge is 0.332 e. The number of hydrogen-bond acceptors (Lipinski definition) is 1. The van der Waals surface area contributed by atoms with Gasteiger partial charge in [0.25, 0.3) is 0 Å². The third-order valence-electron chi connectivity index (χ3n) is 3.92. The molecule has 0 spiro atoms. The first-order chi connectivity index (χ1) is 10.8. The van der Waals surface area contributed by atoms with Crippen LogP contribution in [0.2, 0.25) is 0 Å². The molecule has 0 saturated heterocycles. The molecule has 0 saturated carbocycles. The van der Waals surface area contributed by atoms with E-state index in [0.717, 1.165) is 29.8 Å². The van der Waals surface area contributed by atoms with E-state index in [2.05, 4.69) is 47.9 Å². The second kappa shape index (κ2) is 6.32. The highest BCUT2D eigenvalue weighted by Crippen LogP contribution is 2.28. The second-order valence-electron chi connectivity index (χ2n) is 5.30. The highest BCUT2D eigenvalue weighted by molar-refractivity contribution is 5.70. The number of aryl methyl sites for hydroxylation is 1. The lowest BCUT2D eigenvalue weighted by Crippen LogP contribution is -2.06. The fourth-order valence-corrected chi connectivity index (χ4v) is 2.80. The summed E-state index contributed by atoms with van der Waals surface area (Å²) in [4.78, 5) is 0. The minimum atomic E-state index is 0.736. The van der Waals surface area contributed by atoms with Gasteiger partial charge in [-0.05, 0) is 23.6 Å². The third-order valence-corrected chi connectivity index (χ3v) is 3.92. The van der Waals surface area contributed by atoms with E-state index >= 15 is 0 Å². The first-order valence-corrected chi connectivity index (χ1v) is 7.55. The third kappa shape index (κ3) is 2.66. The van der Waals surface area contributed by atoms with Gasteiger partial charge in [0.2, 0.25) is 0 Å². The summed E-state index contributed by atoms with van der Waals surface area (Å²) in [5, 5.41) is 9.68. The van der Waals surface area contributed by atoms with Crippen LogP contribution in [0.1, 0.15) is 23.9 Å². The van der Waals surface area contributed by atoms with Crippen molar-refractivity contribution in [2.24, 2.45) is 0 Å². The number of rotatable bonds is 4. The molecule has 2 heteroatoms. The van der Waals surface area contributed by atoms with Crippen LogP contribution < -0.4 is 0 Å². The Morgan fingerprint density at radius 2 is 1.59 bits per heavy atom. The van der Waals surface area contributed by atoms with Gasteiger partial charge in [-0.1, -0.05) is 67.6 Å². The van der Waals surface area contributed by atoms with Crippen LogP contribution in [0.3, 0.4) is 0 Å². The molecule has 1 heterocycles. The molecule has 0 amide bonds. The van der Waals surface area contributed by atoms with Gasteiger partial charge < -0.3 is 4.57 Å². The van der Waals surface area contributed by atoms with E-state index in [1.54, 1.807) is 0 Å². The van der Waals surface area contributed by atoms with E-state index in [9.17, 15) is 5.26 Å². The van der Waals surface area contributed by atoms with Crippen molar-refractivity contribution in [3.05, 3.63) is 83.7 Å². The number of benzene rings is 2. The standard InChI is InChI=1S/C20H18N2/c1-2-18-13-19(17-11-7-4-8-12-17)20(14-21)22(18)15-16-9-5-3-6-10-16/h3-13H,2,15H2,1H3. The summed E-state index contributed by atoms with van der Waals surface area (Å²) in [6, 6.07) is 25.0. The quantitative estimate of drug-likeness (QED) is 0.687. The Bertz CT molecular complexity index is 793. The lowest BCUT2D eigenvalue weighted by atomic mass is 10.1. The highest BCUT2D eigenvalue weighted by atomic mass is 15.0. The smallest absolute Gasteiger partial charge is 0.128 e. The van der Waals surface area contributed by atoms with Crippen LogP contribution in [-0.2, 0) is 13.0 Å². The lowest BCUT2D eigenvalue weighted by Gasteiger charge is -2.10. The van der Waals surface area contributed by atoms with Crippen molar-refractivity contribution in [2.45, 2.75) is 19.9 Å². The highest BCUT2D eigenvalue weighted by Gasteiger charge is 2.15. The molecule has 2 aromatic carbocycles. The minimum absolute atomic E-state index is 0.736. The van der Waals surface area contributed by atoms with Crippen LogP contribution in [-0.4, -0.2) is 4.57 Å². The molecular formula is C20H18N2. The maximum Gasteiger partial charge on any atom is 0.128 e. The van der Waals surface area contributed by atoms with E-state index in [4.69, 9.17) is 0 Å². The van der Waals surface area contributed by atoms with Crippen LogP contribution in [0, 0.1) is 11.3 Å². The summed E-state index contributed by atoms with van der Waals surface area (Å²) in [5.41, 5.74) is 5.27. The van der Waals surface area contributed by atoms with Gasteiger partial charge >= 0.3 is 0 Å². The monoisotopic (exact) mass is 286 g/mol. The molecule has 0 aliphatic heterocycles. The van der Waals surface area contributed by atoms with Crippen LogP contribution in [0.5, 0.6) is 0 Å². The van der Waals surface area contributed by atoms with Gasteiger partial charge in [0, 0.05) is 17.8 Å². The number of nitrogens with zero attached hydrogens (tertiary/aromatic N) is 2. The zero-order chi connectivity index (χ0) is 15.4. The minimum Gasteiger partial charge on any atom is -0.332 e. The zero-order valence-corrected chi connectivity index (χ0v) is 12.7. The first kappa shape index (κ1) is 14.2. The molecule has 0 radical (unpaired) electrons. The molecule has 0 unspecified atom stereocenters. The van der Waals surface area contributed by atoms with E-state index in [1.807, 2.05) is 36.4 Å². The Morgan fingerprint density at radius 3 is 2.18 bits per heavy atom. The summed E-state index contributed by atoms with van der Waals surface area (Å²) in [5.74, 6) is 0. The maximum atomic E-state index is 9.68. The molecule has 0 aliphatic rings. The average molecular weight is 286 g/mol. The normalized spacial score (nSPS) is 10.4. The molecular weight excluding hydrogens is 268 g/mol. The Balaban J connectivity index is 2.10. The van der Waals surface area contributed by atoms with Crippen molar-refractivity contribution >= 4 is 0 Å². The van der Waals surface area contributed by atoms with E-state index in [-0.39, 0.29) is 0 Å². The van der Waals surface area contributed by atoms with Gasteiger partial charge in [0.05, 0.1) is 0 Å². The Kier molecular flexibility index (Phi) is 4.07. The van der Waals surface area contributed by atoms with E-state index in [0.29, 0.717) is 0 Å². The molecule has 0 N–H and O–H groups in total. The van der Waals surface area contributed by atoms with Crippen LogP contribution in [0.25, 0.3) is 11.1 Å². The van der Waals surface area contributed by atoms with Crippen LogP contribution in [0.15, 0.2) is 66.7 Å². The molecule has 3 aromatic rings. The summed E-state index contributed by atoms with van der Waals surface area (Å²) in [6.45, 7) is 2.87. The average Bonchev–Trinajstić information content (AvgIpc) is 2.94. The van der Waals surface area contributed by atoms with Crippen LogP contribution in [0.4, 0.5) is 0 Å². The van der Waals surface area contributed by atoms with Gasteiger partial charge in [-0.15, -0.1) is 0 Å². The molecule has 1 aromatic heterocycles. The van der Waals surface area contributed by atoms with Gasteiger partial charge in [-0.3, -0.25) is 0 Å². The summed E-state index contributed by atoms with van der Waals surface area (Å²) in [7, 11) is 0. The van der Waals surface area contributed by atoms with Crippen molar-refractivity contribution in [3.8, 4) is 17.2 Å². The van der Waals surface area contributed by atoms with E-state index < -0.39 is 0 Å². The van der Waals surface area contributed by atoms with Gasteiger partial charge in [0.15, 0.2) is 0 Å². The van der Waals surface area contributed by atoms with E-state index in [1.165, 1.54) is 11.3 Å². The molecule has 3 rings (SSSR count). The van der Waals surface area contributed by atoms with Crippen molar-refractivity contribution < 1.29 is 0 Å². The number of nitriles is 1. The molecule has 0 aliphatic carbocycles. The van der Waals surface area contributed by atoms with Gasteiger partial charge in [-0.2, -0.15) is 5.26 Å². The van der Waals surface area contributed by atoms with Crippen molar-refractivity contribution in [1.29, 1.82) is 5.26 Å². The fourth-order valence-electron chi connectivity index (χ4n) is 2.80. The SMILES string of the molecule is CCc1cc(-c2ccccc2)c(C#N)n1Cc1ccccc1. The summed E-state index contributed by atoms with van der Waals surface area (Å²) in [6.07, 6.45) is 0.911. The molecule has 0 atom stereocenters. The molecule has 22 heavy (non-hydrogen) atoms. The van der Waals surface area contributed by atoms with Crippen molar-refractivity contribution in [2.75, 3.05) is 0 Å². The van der Waals surface area contributed by atoms with Gasteiger partial charge in [-0.25, -0.2) is 0 Å². The van der Waals surface area contributed by atoms with Gasteiger partial charge in [0.1, 0.15) is 11.8 Å². The fraction of sp³-hybridized carbons (Fsp3) is 0.150. The zero-order valence-electron chi connectivity index (χ0n) is 12.7. The topological polar surface area (TPSA) is 28.7 Å². The Morgan fingerprint density at radius 1 is 0.955 bits per heavy atom. The Labute approximate surface area is 131 Å². The van der Waals surface area contributed by atoms with Crippen molar-refractivity contribution in [1.82, 2.24) is 4.57 Å². The second-order valence-corrected chi connectivity index (χ2v) is 5.30. The predicted octanol–water partition coefficient (Wildman–Crippen LogP) is 4.64.